The first-order valence-corrected chi connectivity index (χ1v) is 6.70. The maximum Gasteiger partial charge on any atom is 0.318 e. The van der Waals surface area contributed by atoms with E-state index in [0.717, 1.165) is 5.56 Å². The topological polar surface area (TPSA) is 89.9 Å². The largest absolute Gasteiger partial charge is 0.481 e. The smallest absolute Gasteiger partial charge is 0.318 e. The fourth-order valence-corrected chi connectivity index (χ4v) is 1.74. The number of carboxylic acids is 1. The summed E-state index contributed by atoms with van der Waals surface area (Å²) < 4.78 is 0. The standard InChI is InChI=1S/C15H22N2O4/c1-15(2,10-18)17(3)14(21)16-12(9-13(19)20)11-7-5-4-6-8-11/h4-8,12,18H,9-10H2,1-3H3,(H,16,21)(H,19,20). The van der Waals surface area contributed by atoms with Crippen LogP contribution in [-0.4, -0.2) is 46.3 Å². The van der Waals surface area contributed by atoms with E-state index in [1.165, 1.54) is 4.90 Å². The monoisotopic (exact) mass is 294 g/mol. The Morgan fingerprint density at radius 3 is 2.33 bits per heavy atom. The number of aliphatic hydroxyl groups is 1. The summed E-state index contributed by atoms with van der Waals surface area (Å²) in [4.78, 5) is 24.6. The van der Waals surface area contributed by atoms with Crippen molar-refractivity contribution in [1.82, 2.24) is 10.2 Å². The molecule has 1 unspecified atom stereocenters. The van der Waals surface area contributed by atoms with Crippen LogP contribution in [0.5, 0.6) is 0 Å². The van der Waals surface area contributed by atoms with E-state index >= 15 is 0 Å². The van der Waals surface area contributed by atoms with Crippen LogP contribution in [0.15, 0.2) is 30.3 Å². The van der Waals surface area contributed by atoms with Crippen molar-refractivity contribution in [3.05, 3.63) is 35.9 Å². The van der Waals surface area contributed by atoms with E-state index in [-0.39, 0.29) is 13.0 Å². The van der Waals surface area contributed by atoms with Crippen LogP contribution >= 0.6 is 0 Å². The lowest BCUT2D eigenvalue weighted by atomic mass is 10.0. The summed E-state index contributed by atoms with van der Waals surface area (Å²) in [6, 6.07) is 7.90. The molecule has 116 valence electrons. The van der Waals surface area contributed by atoms with Crippen LogP contribution in [0.2, 0.25) is 0 Å². The van der Waals surface area contributed by atoms with Crippen molar-refractivity contribution in [2.75, 3.05) is 13.7 Å². The van der Waals surface area contributed by atoms with Gasteiger partial charge in [0.05, 0.1) is 24.6 Å². The Kier molecular flexibility index (Phi) is 5.72. The van der Waals surface area contributed by atoms with Crippen molar-refractivity contribution in [2.24, 2.45) is 0 Å². The average Bonchev–Trinajstić information content (AvgIpc) is 2.46. The van der Waals surface area contributed by atoms with E-state index in [1.807, 2.05) is 6.07 Å². The fourth-order valence-electron chi connectivity index (χ4n) is 1.74. The van der Waals surface area contributed by atoms with E-state index in [9.17, 15) is 14.7 Å². The quantitative estimate of drug-likeness (QED) is 0.743. The molecule has 0 aliphatic rings. The van der Waals surface area contributed by atoms with E-state index in [4.69, 9.17) is 5.11 Å². The number of hydrogen-bond acceptors (Lipinski definition) is 3. The number of likely N-dealkylation sites (N-methyl/N-ethyl adjacent to an activating group) is 1. The Hall–Kier alpha value is -2.08. The molecule has 1 aromatic rings. The van der Waals surface area contributed by atoms with Gasteiger partial charge in [-0.15, -0.1) is 0 Å². The van der Waals surface area contributed by atoms with Crippen molar-refractivity contribution in [3.63, 3.8) is 0 Å². The molecule has 0 aliphatic heterocycles. The van der Waals surface area contributed by atoms with Crippen molar-refractivity contribution in [2.45, 2.75) is 31.8 Å². The number of hydrogen-bond donors (Lipinski definition) is 3. The van der Waals surface area contributed by atoms with Gasteiger partial charge < -0.3 is 20.4 Å². The van der Waals surface area contributed by atoms with Crippen LogP contribution in [-0.2, 0) is 4.79 Å². The molecule has 0 radical (unpaired) electrons. The zero-order valence-electron chi connectivity index (χ0n) is 12.5. The van der Waals surface area contributed by atoms with Crippen LogP contribution in [0.25, 0.3) is 0 Å². The van der Waals surface area contributed by atoms with Gasteiger partial charge in [0.15, 0.2) is 0 Å². The van der Waals surface area contributed by atoms with Crippen LogP contribution < -0.4 is 5.32 Å². The van der Waals surface area contributed by atoms with Gasteiger partial charge in [0.25, 0.3) is 0 Å². The highest BCUT2D eigenvalue weighted by atomic mass is 16.4. The molecule has 1 atom stereocenters. The summed E-state index contributed by atoms with van der Waals surface area (Å²) in [6.07, 6.45) is -0.205. The van der Waals surface area contributed by atoms with Gasteiger partial charge in [-0.3, -0.25) is 4.79 Å². The molecule has 2 amide bonds. The van der Waals surface area contributed by atoms with Crippen LogP contribution in [0.3, 0.4) is 0 Å². The number of urea groups is 1. The van der Waals surface area contributed by atoms with E-state index in [0.29, 0.717) is 0 Å². The number of aliphatic hydroxyl groups excluding tert-OH is 1. The molecule has 0 fully saturated rings. The number of carbonyl (C=O) groups excluding carboxylic acids is 1. The third-order valence-corrected chi connectivity index (χ3v) is 3.48. The van der Waals surface area contributed by atoms with Crippen LogP contribution in [0.4, 0.5) is 4.79 Å². The molecule has 0 aliphatic carbocycles. The maximum atomic E-state index is 12.2. The summed E-state index contributed by atoms with van der Waals surface area (Å²) in [5, 5.41) is 21.0. The Balaban J connectivity index is 2.87. The van der Waals surface area contributed by atoms with Gasteiger partial charge >= 0.3 is 12.0 Å². The molecule has 0 bridgehead atoms. The first-order chi connectivity index (χ1) is 9.77. The van der Waals surface area contributed by atoms with Gasteiger partial charge in [-0.25, -0.2) is 4.79 Å². The highest BCUT2D eigenvalue weighted by Crippen LogP contribution is 2.18. The zero-order chi connectivity index (χ0) is 16.0. The molecular formula is C15H22N2O4. The van der Waals surface area contributed by atoms with Gasteiger partial charge in [0.2, 0.25) is 0 Å². The Labute approximate surface area is 124 Å². The molecule has 0 saturated heterocycles. The van der Waals surface area contributed by atoms with Crippen molar-refractivity contribution >= 4 is 12.0 Å². The number of nitrogens with zero attached hydrogens (tertiary/aromatic N) is 1. The number of carboxylic acid groups (broad SMARTS) is 1. The van der Waals surface area contributed by atoms with Crippen molar-refractivity contribution in [3.8, 4) is 0 Å². The van der Waals surface area contributed by atoms with Gasteiger partial charge in [0.1, 0.15) is 0 Å². The summed E-state index contributed by atoms with van der Waals surface area (Å²) in [5.74, 6) is -0.992. The van der Waals surface area contributed by atoms with Crippen molar-refractivity contribution < 1.29 is 19.8 Å². The minimum atomic E-state index is -0.992. The van der Waals surface area contributed by atoms with Gasteiger partial charge in [-0.05, 0) is 19.4 Å². The Bertz CT molecular complexity index is 488. The minimum Gasteiger partial charge on any atom is -0.481 e. The molecule has 0 heterocycles. The number of aliphatic carboxylic acids is 1. The normalized spacial score (nSPS) is 12.6. The molecular weight excluding hydrogens is 272 g/mol. The fraction of sp³-hybridized carbons (Fsp3) is 0.467. The number of amides is 2. The summed E-state index contributed by atoms with van der Waals surface area (Å²) >= 11 is 0. The first kappa shape index (κ1) is 17.0. The second kappa shape index (κ2) is 7.08. The summed E-state index contributed by atoms with van der Waals surface area (Å²) in [7, 11) is 1.56. The second-order valence-electron chi connectivity index (χ2n) is 5.54. The molecule has 21 heavy (non-hydrogen) atoms. The molecule has 6 nitrogen and oxygen atoms in total. The third-order valence-electron chi connectivity index (χ3n) is 3.48. The molecule has 1 aromatic carbocycles. The van der Waals surface area contributed by atoms with Gasteiger partial charge in [-0.2, -0.15) is 0 Å². The second-order valence-corrected chi connectivity index (χ2v) is 5.54. The maximum absolute atomic E-state index is 12.2. The number of carbonyl (C=O) groups is 2. The zero-order valence-corrected chi connectivity index (χ0v) is 12.5. The summed E-state index contributed by atoms with van der Waals surface area (Å²) in [5.41, 5.74) is -0.00221. The minimum absolute atomic E-state index is 0.189. The highest BCUT2D eigenvalue weighted by molar-refractivity contribution is 5.76. The van der Waals surface area contributed by atoms with Gasteiger partial charge in [0, 0.05) is 7.05 Å². The predicted molar refractivity (Wildman–Crippen MR) is 78.9 cm³/mol. The number of nitrogens with one attached hydrogen (secondary N) is 1. The lowest BCUT2D eigenvalue weighted by Crippen LogP contribution is -2.52. The Morgan fingerprint density at radius 2 is 1.86 bits per heavy atom. The number of benzene rings is 1. The van der Waals surface area contributed by atoms with Crippen LogP contribution in [0.1, 0.15) is 31.9 Å². The Morgan fingerprint density at radius 1 is 1.29 bits per heavy atom. The van der Waals surface area contributed by atoms with Gasteiger partial charge in [-0.1, -0.05) is 30.3 Å². The highest BCUT2D eigenvalue weighted by Gasteiger charge is 2.28. The summed E-state index contributed by atoms with van der Waals surface area (Å²) in [6.45, 7) is 3.26. The van der Waals surface area contributed by atoms with E-state index < -0.39 is 23.6 Å². The molecule has 6 heteroatoms. The first-order valence-electron chi connectivity index (χ1n) is 6.70. The third kappa shape index (κ3) is 4.75. The molecule has 0 spiro atoms. The van der Waals surface area contributed by atoms with Crippen LogP contribution in [0, 0.1) is 0 Å². The molecule has 0 saturated carbocycles. The predicted octanol–water partition coefficient (Wildman–Crippen LogP) is 1.61. The SMILES string of the molecule is CN(C(=O)NC(CC(=O)O)c1ccccc1)C(C)(C)CO. The van der Waals surface area contributed by atoms with Crippen molar-refractivity contribution in [1.29, 1.82) is 0 Å². The van der Waals surface area contributed by atoms with E-state index in [1.54, 1.807) is 45.2 Å². The molecule has 3 N–H and O–H groups in total. The number of rotatable bonds is 6. The lowest BCUT2D eigenvalue weighted by Gasteiger charge is -2.35. The lowest BCUT2D eigenvalue weighted by molar-refractivity contribution is -0.137. The van der Waals surface area contributed by atoms with E-state index in [2.05, 4.69) is 5.32 Å². The average molecular weight is 294 g/mol. The molecule has 1 rings (SSSR count). The molecule has 0 aromatic heterocycles.